The molecule has 1 heterocycles. The number of hydrogen-bond acceptors (Lipinski definition) is 6. The number of nitrogens with one attached hydrogen (secondary N) is 2. The van der Waals surface area contributed by atoms with E-state index < -0.39 is 0 Å². The van der Waals surface area contributed by atoms with Crippen LogP contribution in [-0.4, -0.2) is 29.2 Å². The second-order valence-corrected chi connectivity index (χ2v) is 3.51. The van der Waals surface area contributed by atoms with E-state index in [2.05, 4.69) is 20.7 Å². The SMILES string of the molecule is CCOC(C)CNc1cc(C)nc(NN)n1. The molecule has 1 unspecified atom stereocenters. The van der Waals surface area contributed by atoms with Crippen LogP contribution in [0.5, 0.6) is 0 Å². The summed E-state index contributed by atoms with van der Waals surface area (Å²) in [6.45, 7) is 7.28. The first kappa shape index (κ1) is 12.7. The highest BCUT2D eigenvalue weighted by Gasteiger charge is 2.03. The maximum absolute atomic E-state index is 5.40. The molecule has 0 aromatic carbocycles. The van der Waals surface area contributed by atoms with Crippen molar-refractivity contribution in [1.82, 2.24) is 9.97 Å². The van der Waals surface area contributed by atoms with E-state index in [0.29, 0.717) is 19.1 Å². The summed E-state index contributed by atoms with van der Waals surface area (Å²) in [6, 6.07) is 1.86. The van der Waals surface area contributed by atoms with Crippen LogP contribution in [0.1, 0.15) is 19.5 Å². The molecule has 16 heavy (non-hydrogen) atoms. The number of aromatic nitrogens is 2. The zero-order chi connectivity index (χ0) is 12.0. The summed E-state index contributed by atoms with van der Waals surface area (Å²) >= 11 is 0. The van der Waals surface area contributed by atoms with Gasteiger partial charge in [-0.1, -0.05) is 0 Å². The number of hydrogen-bond donors (Lipinski definition) is 3. The molecule has 1 rings (SSSR count). The Bertz CT molecular complexity index is 331. The van der Waals surface area contributed by atoms with E-state index in [1.54, 1.807) is 0 Å². The van der Waals surface area contributed by atoms with Crippen LogP contribution in [-0.2, 0) is 4.74 Å². The first-order chi connectivity index (χ1) is 7.65. The van der Waals surface area contributed by atoms with Crippen molar-refractivity contribution in [3.05, 3.63) is 11.8 Å². The van der Waals surface area contributed by atoms with Crippen molar-refractivity contribution in [1.29, 1.82) is 0 Å². The van der Waals surface area contributed by atoms with Gasteiger partial charge in [-0.05, 0) is 20.8 Å². The van der Waals surface area contributed by atoms with Crippen molar-refractivity contribution in [2.24, 2.45) is 5.84 Å². The monoisotopic (exact) mass is 225 g/mol. The lowest BCUT2D eigenvalue weighted by Gasteiger charge is -2.13. The summed E-state index contributed by atoms with van der Waals surface area (Å²) in [5.74, 6) is 6.42. The summed E-state index contributed by atoms with van der Waals surface area (Å²) in [5.41, 5.74) is 3.28. The molecule has 0 spiro atoms. The lowest BCUT2D eigenvalue weighted by Crippen LogP contribution is -2.21. The van der Waals surface area contributed by atoms with Gasteiger partial charge in [0.05, 0.1) is 6.10 Å². The number of nitrogens with zero attached hydrogens (tertiary/aromatic N) is 2. The number of nitrogens with two attached hydrogens (primary N) is 1. The Kier molecular flexibility index (Phi) is 4.94. The maximum Gasteiger partial charge on any atom is 0.239 e. The molecule has 1 aromatic rings. The molecule has 0 bridgehead atoms. The van der Waals surface area contributed by atoms with E-state index >= 15 is 0 Å². The minimum absolute atomic E-state index is 0.148. The number of nitrogen functional groups attached to an aromatic ring is 1. The van der Waals surface area contributed by atoms with Crippen LogP contribution in [0.4, 0.5) is 11.8 Å². The minimum Gasteiger partial charge on any atom is -0.377 e. The third-order valence-corrected chi connectivity index (χ3v) is 2.01. The minimum atomic E-state index is 0.148. The fourth-order valence-electron chi connectivity index (χ4n) is 1.32. The van der Waals surface area contributed by atoms with E-state index in [0.717, 1.165) is 11.5 Å². The molecule has 0 amide bonds. The molecule has 90 valence electrons. The Morgan fingerprint density at radius 2 is 2.25 bits per heavy atom. The third-order valence-electron chi connectivity index (χ3n) is 2.01. The van der Waals surface area contributed by atoms with Gasteiger partial charge >= 0.3 is 0 Å². The molecule has 1 aromatic heterocycles. The molecule has 0 aliphatic carbocycles. The van der Waals surface area contributed by atoms with Gasteiger partial charge in [0.1, 0.15) is 5.82 Å². The van der Waals surface area contributed by atoms with Gasteiger partial charge < -0.3 is 10.1 Å². The summed E-state index contributed by atoms with van der Waals surface area (Å²) in [6.07, 6.45) is 0.148. The van der Waals surface area contributed by atoms with Gasteiger partial charge in [-0.25, -0.2) is 10.8 Å². The molecule has 0 aliphatic rings. The lowest BCUT2D eigenvalue weighted by atomic mass is 10.3. The quantitative estimate of drug-likeness (QED) is 0.493. The first-order valence-electron chi connectivity index (χ1n) is 5.33. The molecule has 0 radical (unpaired) electrons. The Labute approximate surface area is 95.6 Å². The highest BCUT2D eigenvalue weighted by molar-refractivity contribution is 5.41. The van der Waals surface area contributed by atoms with Crippen LogP contribution in [0.15, 0.2) is 6.07 Å². The van der Waals surface area contributed by atoms with Crippen molar-refractivity contribution in [2.45, 2.75) is 26.9 Å². The van der Waals surface area contributed by atoms with Gasteiger partial charge in [-0.3, -0.25) is 5.43 Å². The van der Waals surface area contributed by atoms with Crippen molar-refractivity contribution in [2.75, 3.05) is 23.9 Å². The molecule has 6 heteroatoms. The van der Waals surface area contributed by atoms with Crippen LogP contribution in [0.25, 0.3) is 0 Å². The van der Waals surface area contributed by atoms with Gasteiger partial charge in [-0.2, -0.15) is 4.98 Å². The lowest BCUT2D eigenvalue weighted by molar-refractivity contribution is 0.0855. The number of ether oxygens (including phenoxy) is 1. The number of aryl methyl sites for hydroxylation is 1. The molecular formula is C10H19N5O. The summed E-state index contributed by atoms with van der Waals surface area (Å²) in [4.78, 5) is 8.27. The van der Waals surface area contributed by atoms with Crippen molar-refractivity contribution in [3.8, 4) is 0 Å². The fourth-order valence-corrected chi connectivity index (χ4v) is 1.32. The Morgan fingerprint density at radius 3 is 2.88 bits per heavy atom. The molecule has 4 N–H and O–H groups in total. The zero-order valence-electron chi connectivity index (χ0n) is 9.95. The maximum atomic E-state index is 5.40. The van der Waals surface area contributed by atoms with Crippen molar-refractivity contribution in [3.63, 3.8) is 0 Å². The van der Waals surface area contributed by atoms with Crippen LogP contribution in [0, 0.1) is 6.92 Å². The molecule has 0 saturated heterocycles. The molecule has 0 fully saturated rings. The molecule has 1 atom stereocenters. The topological polar surface area (TPSA) is 85.1 Å². The Balaban J connectivity index is 2.56. The van der Waals surface area contributed by atoms with E-state index in [9.17, 15) is 0 Å². The van der Waals surface area contributed by atoms with E-state index in [4.69, 9.17) is 10.6 Å². The normalized spacial score (nSPS) is 12.2. The van der Waals surface area contributed by atoms with Gasteiger partial charge in [0.15, 0.2) is 0 Å². The summed E-state index contributed by atoms with van der Waals surface area (Å²) in [7, 11) is 0. The summed E-state index contributed by atoms with van der Waals surface area (Å²) < 4.78 is 5.40. The first-order valence-corrected chi connectivity index (χ1v) is 5.33. The average molecular weight is 225 g/mol. The van der Waals surface area contributed by atoms with E-state index in [1.807, 2.05) is 26.8 Å². The predicted molar refractivity (Wildman–Crippen MR) is 64.2 cm³/mol. The van der Waals surface area contributed by atoms with Gasteiger partial charge in [0.2, 0.25) is 5.95 Å². The highest BCUT2D eigenvalue weighted by Crippen LogP contribution is 2.08. The summed E-state index contributed by atoms with van der Waals surface area (Å²) in [5, 5.41) is 3.17. The zero-order valence-corrected chi connectivity index (χ0v) is 9.95. The second-order valence-electron chi connectivity index (χ2n) is 3.51. The largest absolute Gasteiger partial charge is 0.377 e. The third kappa shape index (κ3) is 4.00. The fraction of sp³-hybridized carbons (Fsp3) is 0.600. The molecule has 0 saturated carbocycles. The molecular weight excluding hydrogens is 206 g/mol. The standard InChI is InChI=1S/C10H19N5O/c1-4-16-8(3)6-12-9-5-7(2)13-10(14-9)15-11/h5,8H,4,6,11H2,1-3H3,(H2,12,13,14,15). The van der Waals surface area contributed by atoms with Crippen molar-refractivity contribution >= 4 is 11.8 Å². The molecule has 6 nitrogen and oxygen atoms in total. The van der Waals surface area contributed by atoms with Gasteiger partial charge in [0.25, 0.3) is 0 Å². The van der Waals surface area contributed by atoms with Crippen LogP contribution >= 0.6 is 0 Å². The smallest absolute Gasteiger partial charge is 0.239 e. The van der Waals surface area contributed by atoms with E-state index in [-0.39, 0.29) is 6.10 Å². The van der Waals surface area contributed by atoms with Gasteiger partial charge in [0, 0.05) is 24.9 Å². The average Bonchev–Trinajstić information content (AvgIpc) is 2.26. The Hall–Kier alpha value is -1.40. The number of rotatable bonds is 6. The number of anilines is 2. The van der Waals surface area contributed by atoms with E-state index in [1.165, 1.54) is 0 Å². The Morgan fingerprint density at radius 1 is 1.50 bits per heavy atom. The van der Waals surface area contributed by atoms with Crippen molar-refractivity contribution < 1.29 is 4.74 Å². The van der Waals surface area contributed by atoms with Crippen LogP contribution < -0.4 is 16.6 Å². The predicted octanol–water partition coefficient (Wildman–Crippen LogP) is 0.908. The molecule has 0 aliphatic heterocycles. The van der Waals surface area contributed by atoms with Gasteiger partial charge in [-0.15, -0.1) is 0 Å². The van der Waals surface area contributed by atoms with Crippen LogP contribution in [0.2, 0.25) is 0 Å². The van der Waals surface area contributed by atoms with Crippen LogP contribution in [0.3, 0.4) is 0 Å². The highest BCUT2D eigenvalue weighted by atomic mass is 16.5. The second kappa shape index (κ2) is 6.24. The number of hydrazine groups is 1.